The smallest absolute Gasteiger partial charge is 0.0788 e. The van der Waals surface area contributed by atoms with Gasteiger partial charge in [0.15, 0.2) is 0 Å². The SMILES string of the molecule is C#CCN(C)c1ccnc(CNC)c1. The molecule has 1 heterocycles. The summed E-state index contributed by atoms with van der Waals surface area (Å²) >= 11 is 0. The number of nitrogens with one attached hydrogen (secondary N) is 1. The van der Waals surface area contributed by atoms with Crippen molar-refractivity contribution in [1.29, 1.82) is 0 Å². The monoisotopic (exact) mass is 189 g/mol. The van der Waals surface area contributed by atoms with Gasteiger partial charge >= 0.3 is 0 Å². The average molecular weight is 189 g/mol. The Bertz CT molecular complexity index is 328. The van der Waals surface area contributed by atoms with E-state index in [1.807, 2.05) is 31.1 Å². The minimum Gasteiger partial charge on any atom is -0.363 e. The van der Waals surface area contributed by atoms with Crippen molar-refractivity contribution in [1.82, 2.24) is 10.3 Å². The maximum Gasteiger partial charge on any atom is 0.0788 e. The third kappa shape index (κ3) is 2.75. The molecule has 0 atom stereocenters. The Labute approximate surface area is 85.1 Å². The lowest BCUT2D eigenvalue weighted by Crippen LogP contribution is -2.17. The van der Waals surface area contributed by atoms with Gasteiger partial charge in [-0.3, -0.25) is 4.98 Å². The van der Waals surface area contributed by atoms with Crippen molar-refractivity contribution in [2.24, 2.45) is 0 Å². The third-order valence-electron chi connectivity index (χ3n) is 1.93. The highest BCUT2D eigenvalue weighted by atomic mass is 15.1. The van der Waals surface area contributed by atoms with Crippen LogP contribution in [0.1, 0.15) is 5.69 Å². The van der Waals surface area contributed by atoms with E-state index in [2.05, 4.69) is 16.2 Å². The van der Waals surface area contributed by atoms with E-state index in [0.29, 0.717) is 6.54 Å². The largest absolute Gasteiger partial charge is 0.363 e. The summed E-state index contributed by atoms with van der Waals surface area (Å²) in [7, 11) is 3.87. The molecule has 0 saturated carbocycles. The van der Waals surface area contributed by atoms with Gasteiger partial charge in [0.2, 0.25) is 0 Å². The number of pyridine rings is 1. The van der Waals surface area contributed by atoms with Crippen LogP contribution in [0.2, 0.25) is 0 Å². The van der Waals surface area contributed by atoms with Crippen molar-refractivity contribution < 1.29 is 0 Å². The molecular formula is C11H15N3. The predicted molar refractivity (Wildman–Crippen MR) is 59.1 cm³/mol. The van der Waals surface area contributed by atoms with Gasteiger partial charge in [-0.2, -0.15) is 0 Å². The average Bonchev–Trinajstić information content (AvgIpc) is 2.19. The van der Waals surface area contributed by atoms with Crippen molar-refractivity contribution in [3.05, 3.63) is 24.0 Å². The van der Waals surface area contributed by atoms with Crippen LogP contribution in [0.15, 0.2) is 18.3 Å². The van der Waals surface area contributed by atoms with Crippen LogP contribution in [0.5, 0.6) is 0 Å². The van der Waals surface area contributed by atoms with Crippen molar-refractivity contribution in [2.75, 3.05) is 25.5 Å². The molecule has 0 spiro atoms. The predicted octanol–water partition coefficient (Wildman–Crippen LogP) is 0.870. The fourth-order valence-electron chi connectivity index (χ4n) is 1.21. The van der Waals surface area contributed by atoms with Gasteiger partial charge in [-0.25, -0.2) is 0 Å². The van der Waals surface area contributed by atoms with Crippen molar-refractivity contribution in [3.63, 3.8) is 0 Å². The molecule has 1 rings (SSSR count). The quantitative estimate of drug-likeness (QED) is 0.712. The Morgan fingerprint density at radius 3 is 3.07 bits per heavy atom. The maximum absolute atomic E-state index is 5.24. The molecule has 0 aliphatic rings. The zero-order valence-electron chi connectivity index (χ0n) is 8.62. The maximum atomic E-state index is 5.24. The summed E-state index contributed by atoms with van der Waals surface area (Å²) in [6.45, 7) is 1.39. The van der Waals surface area contributed by atoms with Crippen LogP contribution in [-0.2, 0) is 6.54 Å². The molecule has 1 N–H and O–H groups in total. The van der Waals surface area contributed by atoms with E-state index in [9.17, 15) is 0 Å². The molecular weight excluding hydrogens is 174 g/mol. The lowest BCUT2D eigenvalue weighted by molar-refractivity contribution is 0.790. The topological polar surface area (TPSA) is 28.2 Å². The van der Waals surface area contributed by atoms with Crippen molar-refractivity contribution in [3.8, 4) is 12.3 Å². The molecule has 0 unspecified atom stereocenters. The van der Waals surface area contributed by atoms with Crippen LogP contribution in [0.3, 0.4) is 0 Å². The molecule has 0 bridgehead atoms. The number of hydrogen-bond acceptors (Lipinski definition) is 3. The van der Waals surface area contributed by atoms with E-state index in [1.54, 1.807) is 6.20 Å². The number of aromatic nitrogens is 1. The molecule has 0 radical (unpaired) electrons. The normalized spacial score (nSPS) is 9.50. The Hall–Kier alpha value is -1.53. The second-order valence-corrected chi connectivity index (χ2v) is 3.10. The van der Waals surface area contributed by atoms with Crippen LogP contribution in [0.25, 0.3) is 0 Å². The van der Waals surface area contributed by atoms with E-state index in [1.165, 1.54) is 0 Å². The summed E-state index contributed by atoms with van der Waals surface area (Å²) in [5.74, 6) is 2.61. The summed E-state index contributed by atoms with van der Waals surface area (Å²) < 4.78 is 0. The van der Waals surface area contributed by atoms with Crippen molar-refractivity contribution >= 4 is 5.69 Å². The minimum atomic E-state index is 0.614. The Balaban J connectivity index is 2.78. The zero-order chi connectivity index (χ0) is 10.4. The molecule has 3 nitrogen and oxygen atoms in total. The van der Waals surface area contributed by atoms with Crippen LogP contribution >= 0.6 is 0 Å². The number of rotatable bonds is 4. The molecule has 0 saturated heterocycles. The highest BCUT2D eigenvalue weighted by Crippen LogP contribution is 2.11. The summed E-state index contributed by atoms with van der Waals surface area (Å²) in [4.78, 5) is 6.25. The van der Waals surface area contributed by atoms with E-state index in [-0.39, 0.29) is 0 Å². The minimum absolute atomic E-state index is 0.614. The molecule has 0 aliphatic carbocycles. The first kappa shape index (κ1) is 10.6. The van der Waals surface area contributed by atoms with Crippen LogP contribution < -0.4 is 10.2 Å². The lowest BCUT2D eigenvalue weighted by atomic mass is 10.3. The van der Waals surface area contributed by atoms with Gasteiger partial charge in [0, 0.05) is 25.5 Å². The molecule has 0 amide bonds. The number of anilines is 1. The Morgan fingerprint density at radius 2 is 2.43 bits per heavy atom. The Kier molecular flexibility index (Phi) is 3.96. The van der Waals surface area contributed by atoms with Gasteiger partial charge in [0.05, 0.1) is 12.2 Å². The standard InChI is InChI=1S/C11H15N3/c1-4-7-14(3)11-5-6-13-10(8-11)9-12-2/h1,5-6,8,12H,7,9H2,2-3H3. The van der Waals surface area contributed by atoms with E-state index >= 15 is 0 Å². The van der Waals surface area contributed by atoms with Gasteiger partial charge in [-0.1, -0.05) is 5.92 Å². The van der Waals surface area contributed by atoms with Crippen LogP contribution in [0, 0.1) is 12.3 Å². The summed E-state index contributed by atoms with van der Waals surface area (Å²) in [6.07, 6.45) is 7.04. The Morgan fingerprint density at radius 1 is 1.64 bits per heavy atom. The van der Waals surface area contributed by atoms with Gasteiger partial charge in [0.25, 0.3) is 0 Å². The summed E-state index contributed by atoms with van der Waals surface area (Å²) in [5, 5.41) is 3.06. The van der Waals surface area contributed by atoms with Crippen LogP contribution in [-0.4, -0.2) is 25.6 Å². The first-order chi connectivity index (χ1) is 6.77. The molecule has 3 heteroatoms. The van der Waals surface area contributed by atoms with Crippen LogP contribution in [0.4, 0.5) is 5.69 Å². The van der Waals surface area contributed by atoms with Crippen molar-refractivity contribution in [2.45, 2.75) is 6.54 Å². The van der Waals surface area contributed by atoms with Gasteiger partial charge in [-0.05, 0) is 19.2 Å². The second-order valence-electron chi connectivity index (χ2n) is 3.10. The third-order valence-corrected chi connectivity index (χ3v) is 1.93. The molecule has 0 aromatic carbocycles. The summed E-state index contributed by atoms with van der Waals surface area (Å²) in [6, 6.07) is 3.99. The van der Waals surface area contributed by atoms with E-state index < -0.39 is 0 Å². The number of terminal acetylenes is 1. The number of nitrogens with zero attached hydrogens (tertiary/aromatic N) is 2. The van der Waals surface area contributed by atoms with Gasteiger partial charge in [0.1, 0.15) is 0 Å². The van der Waals surface area contributed by atoms with E-state index in [4.69, 9.17) is 6.42 Å². The summed E-state index contributed by atoms with van der Waals surface area (Å²) in [5.41, 5.74) is 2.12. The molecule has 1 aromatic rings. The fraction of sp³-hybridized carbons (Fsp3) is 0.364. The van der Waals surface area contributed by atoms with E-state index in [0.717, 1.165) is 17.9 Å². The highest BCUT2D eigenvalue weighted by molar-refractivity contribution is 5.46. The first-order valence-electron chi connectivity index (χ1n) is 4.52. The fourth-order valence-corrected chi connectivity index (χ4v) is 1.21. The zero-order valence-corrected chi connectivity index (χ0v) is 8.62. The molecule has 14 heavy (non-hydrogen) atoms. The molecule has 0 fully saturated rings. The molecule has 0 aliphatic heterocycles. The molecule has 1 aromatic heterocycles. The lowest BCUT2D eigenvalue weighted by Gasteiger charge is -2.16. The highest BCUT2D eigenvalue weighted by Gasteiger charge is 2.00. The van der Waals surface area contributed by atoms with Gasteiger partial charge < -0.3 is 10.2 Å². The number of hydrogen-bond donors (Lipinski definition) is 1. The molecule has 74 valence electrons. The van der Waals surface area contributed by atoms with Gasteiger partial charge in [-0.15, -0.1) is 6.42 Å². The first-order valence-corrected chi connectivity index (χ1v) is 4.52. The second kappa shape index (κ2) is 5.25.